The van der Waals surface area contributed by atoms with Crippen LogP contribution in [-0.4, -0.2) is 12.1 Å². The van der Waals surface area contributed by atoms with E-state index >= 15 is 0 Å². The third kappa shape index (κ3) is 4.34. The van der Waals surface area contributed by atoms with Gasteiger partial charge >= 0.3 is 0 Å². The van der Waals surface area contributed by atoms with Gasteiger partial charge in [-0.25, -0.2) is 0 Å². The molecule has 3 nitrogen and oxygen atoms in total. The number of nitrogens with zero attached hydrogens (tertiary/aromatic N) is 1. The number of nitrogens with one attached hydrogen (secondary N) is 1. The third-order valence-electron chi connectivity index (χ3n) is 3.45. The molecule has 2 aromatic carbocycles. The van der Waals surface area contributed by atoms with Gasteiger partial charge in [-0.15, -0.1) is 0 Å². The molecule has 23 heavy (non-hydrogen) atoms. The second-order valence-corrected chi connectivity index (χ2v) is 6.00. The van der Waals surface area contributed by atoms with E-state index in [9.17, 15) is 0 Å². The van der Waals surface area contributed by atoms with Crippen LogP contribution in [0, 0.1) is 0 Å². The molecule has 1 aromatic heterocycles. The van der Waals surface area contributed by atoms with Crippen LogP contribution in [0.5, 0.6) is 5.75 Å². The first-order valence-corrected chi connectivity index (χ1v) is 8.20. The Labute approximate surface area is 140 Å². The standard InChI is InChI=1S/C19H18N2OS/c1-22-18-6-3-7-19(13-18)23-21-14-15-4-2-5-17(12-15)16-8-10-20-11-9-16/h2-13,21H,14H2,1H3. The fourth-order valence-corrected chi connectivity index (χ4v) is 3.00. The summed E-state index contributed by atoms with van der Waals surface area (Å²) < 4.78 is 8.63. The molecule has 3 rings (SSSR count). The van der Waals surface area contributed by atoms with E-state index in [2.05, 4.69) is 40.0 Å². The van der Waals surface area contributed by atoms with Crippen LogP contribution >= 0.6 is 11.9 Å². The largest absolute Gasteiger partial charge is 0.497 e. The van der Waals surface area contributed by atoms with Crippen LogP contribution in [0.2, 0.25) is 0 Å². The summed E-state index contributed by atoms with van der Waals surface area (Å²) in [7, 11) is 1.68. The van der Waals surface area contributed by atoms with Crippen LogP contribution in [0.4, 0.5) is 0 Å². The van der Waals surface area contributed by atoms with Crippen LogP contribution in [0.3, 0.4) is 0 Å². The summed E-state index contributed by atoms with van der Waals surface area (Å²) in [6, 6.07) is 20.6. The summed E-state index contributed by atoms with van der Waals surface area (Å²) in [5.41, 5.74) is 3.63. The SMILES string of the molecule is COc1cccc(SNCc2cccc(-c3ccncc3)c2)c1. The quantitative estimate of drug-likeness (QED) is 0.675. The first-order valence-electron chi connectivity index (χ1n) is 7.38. The number of hydrogen-bond donors (Lipinski definition) is 1. The second kappa shape index (κ2) is 7.81. The van der Waals surface area contributed by atoms with Gasteiger partial charge in [-0.05, 0) is 65.0 Å². The monoisotopic (exact) mass is 322 g/mol. The van der Waals surface area contributed by atoms with Gasteiger partial charge in [0.2, 0.25) is 0 Å². The highest BCUT2D eigenvalue weighted by Gasteiger charge is 2.00. The van der Waals surface area contributed by atoms with Gasteiger partial charge in [-0.1, -0.05) is 24.3 Å². The Morgan fingerprint density at radius 3 is 2.61 bits per heavy atom. The molecule has 3 aromatic rings. The molecule has 0 bridgehead atoms. The van der Waals surface area contributed by atoms with Crippen molar-refractivity contribution < 1.29 is 4.74 Å². The van der Waals surface area contributed by atoms with Crippen molar-refractivity contribution in [3.63, 3.8) is 0 Å². The van der Waals surface area contributed by atoms with Crippen LogP contribution in [-0.2, 0) is 6.54 Å². The molecule has 0 aliphatic carbocycles. The lowest BCUT2D eigenvalue weighted by Crippen LogP contribution is -2.03. The summed E-state index contributed by atoms with van der Waals surface area (Å²) in [6.07, 6.45) is 3.64. The maximum atomic E-state index is 5.24. The van der Waals surface area contributed by atoms with Crippen molar-refractivity contribution in [1.82, 2.24) is 9.71 Å². The summed E-state index contributed by atoms with van der Waals surface area (Å²) in [6.45, 7) is 0.792. The summed E-state index contributed by atoms with van der Waals surface area (Å²) in [5, 5.41) is 0. The number of rotatable bonds is 6. The molecule has 0 amide bonds. The molecule has 0 aliphatic rings. The summed E-state index contributed by atoms with van der Waals surface area (Å²) in [4.78, 5) is 5.20. The molecule has 0 radical (unpaired) electrons. The van der Waals surface area contributed by atoms with Crippen LogP contribution < -0.4 is 9.46 Å². The molecule has 0 spiro atoms. The zero-order chi connectivity index (χ0) is 15.9. The first kappa shape index (κ1) is 15.6. The highest BCUT2D eigenvalue weighted by Crippen LogP contribution is 2.22. The van der Waals surface area contributed by atoms with Gasteiger partial charge < -0.3 is 4.74 Å². The maximum absolute atomic E-state index is 5.24. The zero-order valence-corrected chi connectivity index (χ0v) is 13.7. The van der Waals surface area contributed by atoms with E-state index in [-0.39, 0.29) is 0 Å². The van der Waals surface area contributed by atoms with Crippen molar-refractivity contribution in [3.05, 3.63) is 78.6 Å². The average molecular weight is 322 g/mol. The Morgan fingerprint density at radius 2 is 1.78 bits per heavy atom. The lowest BCUT2D eigenvalue weighted by Gasteiger charge is -2.08. The van der Waals surface area contributed by atoms with Gasteiger partial charge in [0, 0.05) is 23.8 Å². The van der Waals surface area contributed by atoms with Gasteiger partial charge in [-0.2, -0.15) is 0 Å². The number of ether oxygens (including phenoxy) is 1. The van der Waals surface area contributed by atoms with Crippen molar-refractivity contribution in [2.24, 2.45) is 0 Å². The third-order valence-corrected chi connectivity index (χ3v) is 4.23. The summed E-state index contributed by atoms with van der Waals surface area (Å²) >= 11 is 1.61. The van der Waals surface area contributed by atoms with E-state index in [1.165, 1.54) is 16.7 Å². The normalized spacial score (nSPS) is 10.5. The predicted octanol–water partition coefficient (Wildman–Crippen LogP) is 4.55. The molecular weight excluding hydrogens is 304 g/mol. The molecule has 0 saturated heterocycles. The minimum absolute atomic E-state index is 0.792. The van der Waals surface area contributed by atoms with Crippen LogP contribution in [0.1, 0.15) is 5.56 Å². The topological polar surface area (TPSA) is 34.1 Å². The molecule has 0 atom stereocenters. The van der Waals surface area contributed by atoms with E-state index in [4.69, 9.17) is 4.74 Å². The molecular formula is C19H18N2OS. The number of methoxy groups -OCH3 is 1. The summed E-state index contributed by atoms with van der Waals surface area (Å²) in [5.74, 6) is 0.872. The number of aromatic nitrogens is 1. The van der Waals surface area contributed by atoms with E-state index in [0.29, 0.717) is 0 Å². The van der Waals surface area contributed by atoms with E-state index in [0.717, 1.165) is 17.2 Å². The molecule has 0 unspecified atom stereocenters. The molecule has 0 fully saturated rings. The second-order valence-electron chi connectivity index (χ2n) is 5.04. The zero-order valence-electron chi connectivity index (χ0n) is 12.9. The fourth-order valence-electron chi connectivity index (χ4n) is 2.27. The van der Waals surface area contributed by atoms with Gasteiger partial charge in [0.1, 0.15) is 5.75 Å². The minimum atomic E-state index is 0.792. The Bertz CT molecular complexity index is 762. The van der Waals surface area contributed by atoms with Gasteiger partial charge in [0.05, 0.1) is 7.11 Å². The highest BCUT2D eigenvalue weighted by molar-refractivity contribution is 7.97. The van der Waals surface area contributed by atoms with Crippen molar-refractivity contribution in [2.75, 3.05) is 7.11 Å². The minimum Gasteiger partial charge on any atom is -0.497 e. The van der Waals surface area contributed by atoms with Gasteiger partial charge in [0.25, 0.3) is 0 Å². The smallest absolute Gasteiger partial charge is 0.120 e. The van der Waals surface area contributed by atoms with E-state index < -0.39 is 0 Å². The Hall–Kier alpha value is -2.30. The molecule has 1 N–H and O–H groups in total. The fraction of sp³-hybridized carbons (Fsp3) is 0.105. The Balaban J connectivity index is 1.62. The number of pyridine rings is 1. The van der Waals surface area contributed by atoms with Gasteiger partial charge in [-0.3, -0.25) is 9.71 Å². The van der Waals surface area contributed by atoms with E-state index in [1.807, 2.05) is 42.7 Å². The number of benzene rings is 2. The Morgan fingerprint density at radius 1 is 0.957 bits per heavy atom. The maximum Gasteiger partial charge on any atom is 0.120 e. The molecule has 0 aliphatic heterocycles. The van der Waals surface area contributed by atoms with Gasteiger partial charge in [0.15, 0.2) is 0 Å². The van der Waals surface area contributed by atoms with Crippen LogP contribution in [0.25, 0.3) is 11.1 Å². The number of hydrogen-bond acceptors (Lipinski definition) is 4. The highest BCUT2D eigenvalue weighted by atomic mass is 32.2. The molecule has 1 heterocycles. The molecule has 0 saturated carbocycles. The van der Waals surface area contributed by atoms with Crippen molar-refractivity contribution in [3.8, 4) is 16.9 Å². The molecule has 116 valence electrons. The first-order chi connectivity index (χ1) is 11.3. The van der Waals surface area contributed by atoms with Crippen LogP contribution in [0.15, 0.2) is 78.0 Å². The lowest BCUT2D eigenvalue weighted by molar-refractivity contribution is 0.413. The Kier molecular flexibility index (Phi) is 5.29. The lowest BCUT2D eigenvalue weighted by atomic mass is 10.0. The van der Waals surface area contributed by atoms with Crippen molar-refractivity contribution >= 4 is 11.9 Å². The average Bonchev–Trinajstić information content (AvgIpc) is 2.63. The molecule has 4 heteroatoms. The predicted molar refractivity (Wildman–Crippen MR) is 95.4 cm³/mol. The van der Waals surface area contributed by atoms with Crippen molar-refractivity contribution in [2.45, 2.75) is 11.4 Å². The van der Waals surface area contributed by atoms with Crippen molar-refractivity contribution in [1.29, 1.82) is 0 Å². The van der Waals surface area contributed by atoms with E-state index in [1.54, 1.807) is 19.1 Å².